The van der Waals surface area contributed by atoms with E-state index in [-0.39, 0.29) is 11.6 Å². The lowest BCUT2D eigenvalue weighted by Crippen LogP contribution is -2.38. The highest BCUT2D eigenvalue weighted by atomic mass is 16.6. The van der Waals surface area contributed by atoms with Crippen LogP contribution in [0.15, 0.2) is 48.7 Å². The van der Waals surface area contributed by atoms with E-state index in [1.54, 1.807) is 12.3 Å². The van der Waals surface area contributed by atoms with Crippen molar-refractivity contribution in [1.29, 1.82) is 0 Å². The van der Waals surface area contributed by atoms with Crippen LogP contribution in [0.4, 0.5) is 5.69 Å². The van der Waals surface area contributed by atoms with Crippen molar-refractivity contribution < 1.29 is 19.2 Å². The van der Waals surface area contributed by atoms with Gasteiger partial charge >= 0.3 is 0 Å². The molecule has 4 rings (SSSR count). The number of benzene rings is 2. The zero-order valence-corrected chi connectivity index (χ0v) is 17.0. The number of nitrogens with zero attached hydrogens (tertiary/aromatic N) is 2. The molecular formula is C22H24N4O5. The number of amides is 1. The van der Waals surface area contributed by atoms with Gasteiger partial charge in [0.2, 0.25) is 0 Å². The minimum atomic E-state index is -0.474. The molecule has 0 saturated carbocycles. The van der Waals surface area contributed by atoms with E-state index in [2.05, 4.69) is 15.2 Å². The second kappa shape index (κ2) is 9.59. The molecule has 1 aliphatic heterocycles. The van der Waals surface area contributed by atoms with Crippen LogP contribution in [0.1, 0.15) is 15.9 Å². The highest BCUT2D eigenvalue weighted by Crippen LogP contribution is 2.23. The number of hydrogen-bond acceptors (Lipinski definition) is 6. The Kier molecular flexibility index (Phi) is 6.44. The SMILES string of the molecule is O=C(NCc1cccc(OCCN2CCOCC2)c1)c1c[nH]c2ccc([N+](=O)[O-])cc12. The number of nitro groups is 1. The number of hydrogen-bond donors (Lipinski definition) is 2. The molecule has 1 aliphatic rings. The summed E-state index contributed by atoms with van der Waals surface area (Å²) in [6.45, 7) is 5.12. The first kappa shape index (κ1) is 20.8. The molecule has 2 heterocycles. The molecule has 0 atom stereocenters. The molecule has 31 heavy (non-hydrogen) atoms. The minimum absolute atomic E-state index is 0.0527. The van der Waals surface area contributed by atoms with Crippen LogP contribution in [-0.4, -0.2) is 60.2 Å². The van der Waals surface area contributed by atoms with Crippen LogP contribution in [0.25, 0.3) is 10.9 Å². The van der Waals surface area contributed by atoms with E-state index in [0.717, 1.165) is 44.2 Å². The van der Waals surface area contributed by atoms with Gasteiger partial charge in [0.25, 0.3) is 11.6 Å². The van der Waals surface area contributed by atoms with Crippen molar-refractivity contribution in [2.75, 3.05) is 39.5 Å². The van der Waals surface area contributed by atoms with Crippen LogP contribution in [0.2, 0.25) is 0 Å². The Balaban J connectivity index is 1.34. The summed E-state index contributed by atoms with van der Waals surface area (Å²) in [6, 6.07) is 12.0. The number of morpholine rings is 1. The van der Waals surface area contributed by atoms with Gasteiger partial charge in [0, 0.05) is 55.4 Å². The van der Waals surface area contributed by atoms with Crippen LogP contribution in [0.5, 0.6) is 5.75 Å². The zero-order chi connectivity index (χ0) is 21.6. The summed E-state index contributed by atoms with van der Waals surface area (Å²) in [7, 11) is 0. The Morgan fingerprint density at radius 3 is 2.87 bits per heavy atom. The third-order valence-electron chi connectivity index (χ3n) is 5.25. The van der Waals surface area contributed by atoms with E-state index in [4.69, 9.17) is 9.47 Å². The second-order valence-corrected chi connectivity index (χ2v) is 7.32. The maximum atomic E-state index is 12.7. The highest BCUT2D eigenvalue weighted by molar-refractivity contribution is 6.07. The number of fused-ring (bicyclic) bond motifs is 1. The Hall–Kier alpha value is -3.43. The predicted molar refractivity (Wildman–Crippen MR) is 115 cm³/mol. The molecule has 1 amide bonds. The fourth-order valence-electron chi connectivity index (χ4n) is 3.55. The lowest BCUT2D eigenvalue weighted by atomic mass is 10.1. The molecular weight excluding hydrogens is 400 g/mol. The normalized spacial score (nSPS) is 14.5. The van der Waals surface area contributed by atoms with Gasteiger partial charge in [-0.05, 0) is 23.8 Å². The van der Waals surface area contributed by atoms with Crippen LogP contribution >= 0.6 is 0 Å². The number of carbonyl (C=O) groups is 1. The molecule has 0 spiro atoms. The van der Waals surface area contributed by atoms with Crippen molar-refractivity contribution in [3.8, 4) is 5.75 Å². The fraction of sp³-hybridized carbons (Fsp3) is 0.318. The van der Waals surface area contributed by atoms with E-state index in [0.29, 0.717) is 29.6 Å². The number of H-pyrrole nitrogens is 1. The van der Waals surface area contributed by atoms with E-state index in [9.17, 15) is 14.9 Å². The Morgan fingerprint density at radius 2 is 2.06 bits per heavy atom. The number of non-ortho nitro benzene ring substituents is 1. The minimum Gasteiger partial charge on any atom is -0.492 e. The molecule has 0 bridgehead atoms. The molecule has 162 valence electrons. The zero-order valence-electron chi connectivity index (χ0n) is 17.0. The topological polar surface area (TPSA) is 110 Å². The average Bonchev–Trinajstić information content (AvgIpc) is 3.22. The number of nitrogens with one attached hydrogen (secondary N) is 2. The van der Waals surface area contributed by atoms with Crippen molar-refractivity contribution in [2.45, 2.75) is 6.54 Å². The summed E-state index contributed by atoms with van der Waals surface area (Å²) >= 11 is 0. The number of rotatable bonds is 8. The van der Waals surface area contributed by atoms with Gasteiger partial charge in [-0.15, -0.1) is 0 Å². The van der Waals surface area contributed by atoms with Crippen LogP contribution in [0.3, 0.4) is 0 Å². The number of ether oxygens (including phenoxy) is 2. The molecule has 1 aromatic heterocycles. The van der Waals surface area contributed by atoms with Gasteiger partial charge in [-0.2, -0.15) is 0 Å². The summed E-state index contributed by atoms with van der Waals surface area (Å²) in [5.74, 6) is 0.452. The average molecular weight is 424 g/mol. The van der Waals surface area contributed by atoms with Crippen molar-refractivity contribution in [3.05, 3.63) is 69.9 Å². The van der Waals surface area contributed by atoms with Crippen molar-refractivity contribution in [1.82, 2.24) is 15.2 Å². The third kappa shape index (κ3) is 5.19. The fourth-order valence-corrected chi connectivity index (χ4v) is 3.55. The van der Waals surface area contributed by atoms with Crippen LogP contribution in [0, 0.1) is 10.1 Å². The van der Waals surface area contributed by atoms with Crippen LogP contribution < -0.4 is 10.1 Å². The molecule has 9 nitrogen and oxygen atoms in total. The van der Waals surface area contributed by atoms with E-state index in [1.165, 1.54) is 12.1 Å². The van der Waals surface area contributed by atoms with Gasteiger partial charge in [-0.25, -0.2) is 0 Å². The van der Waals surface area contributed by atoms with Gasteiger partial charge in [0.05, 0.1) is 23.7 Å². The van der Waals surface area contributed by atoms with Gasteiger partial charge in [0.15, 0.2) is 0 Å². The molecule has 1 fully saturated rings. The summed E-state index contributed by atoms with van der Waals surface area (Å²) < 4.78 is 11.2. The summed E-state index contributed by atoms with van der Waals surface area (Å²) in [5.41, 5.74) is 1.90. The monoisotopic (exact) mass is 424 g/mol. The first-order valence-corrected chi connectivity index (χ1v) is 10.2. The Bertz CT molecular complexity index is 1070. The van der Waals surface area contributed by atoms with E-state index >= 15 is 0 Å². The quantitative estimate of drug-likeness (QED) is 0.425. The molecule has 9 heteroatoms. The molecule has 0 aliphatic carbocycles. The Labute approximate surface area is 179 Å². The van der Waals surface area contributed by atoms with Gasteiger partial charge in [0.1, 0.15) is 12.4 Å². The largest absolute Gasteiger partial charge is 0.492 e. The molecule has 0 radical (unpaired) electrons. The van der Waals surface area contributed by atoms with Gasteiger partial charge < -0.3 is 19.8 Å². The smallest absolute Gasteiger partial charge is 0.270 e. The maximum Gasteiger partial charge on any atom is 0.270 e. The van der Waals surface area contributed by atoms with Crippen molar-refractivity contribution in [3.63, 3.8) is 0 Å². The predicted octanol–water partition coefficient (Wildman–Crippen LogP) is 2.72. The second-order valence-electron chi connectivity index (χ2n) is 7.32. The van der Waals surface area contributed by atoms with Crippen molar-refractivity contribution in [2.24, 2.45) is 0 Å². The number of aromatic amines is 1. The first-order valence-electron chi connectivity index (χ1n) is 10.2. The number of aromatic nitrogens is 1. The Morgan fingerprint density at radius 1 is 1.23 bits per heavy atom. The molecule has 1 saturated heterocycles. The lowest BCUT2D eigenvalue weighted by molar-refractivity contribution is -0.384. The first-order chi connectivity index (χ1) is 15.1. The molecule has 3 aromatic rings. The highest BCUT2D eigenvalue weighted by Gasteiger charge is 2.15. The third-order valence-corrected chi connectivity index (χ3v) is 5.25. The summed E-state index contributed by atoms with van der Waals surface area (Å²) in [6.07, 6.45) is 1.56. The molecule has 2 N–H and O–H groups in total. The summed E-state index contributed by atoms with van der Waals surface area (Å²) in [4.78, 5) is 28.5. The van der Waals surface area contributed by atoms with Gasteiger partial charge in [-0.1, -0.05) is 12.1 Å². The molecule has 2 aromatic carbocycles. The van der Waals surface area contributed by atoms with Gasteiger partial charge in [-0.3, -0.25) is 19.8 Å². The molecule has 0 unspecified atom stereocenters. The summed E-state index contributed by atoms with van der Waals surface area (Å²) in [5, 5.41) is 14.4. The number of nitro benzene ring substituents is 1. The standard InChI is InChI=1S/C22H24N4O5/c27-22(20-15-23-21-5-4-17(26(28)29)13-19(20)21)24-14-16-2-1-3-18(12-16)31-11-8-25-6-9-30-10-7-25/h1-5,12-13,15,23H,6-11,14H2,(H,24,27). The maximum absolute atomic E-state index is 12.7. The van der Waals surface area contributed by atoms with Crippen molar-refractivity contribution >= 4 is 22.5 Å². The van der Waals surface area contributed by atoms with E-state index < -0.39 is 4.92 Å². The number of carbonyl (C=O) groups excluding carboxylic acids is 1. The van der Waals surface area contributed by atoms with Crippen LogP contribution in [-0.2, 0) is 11.3 Å². The van der Waals surface area contributed by atoms with E-state index in [1.807, 2.05) is 24.3 Å². The lowest BCUT2D eigenvalue weighted by Gasteiger charge is -2.26.